The fourth-order valence-corrected chi connectivity index (χ4v) is 1.70. The molecule has 0 radical (unpaired) electrons. The molecule has 0 bridgehead atoms. The topological polar surface area (TPSA) is 89.2 Å². The van der Waals surface area contributed by atoms with Crippen LogP contribution in [0.1, 0.15) is 16.2 Å². The zero-order valence-electron chi connectivity index (χ0n) is 10.6. The van der Waals surface area contributed by atoms with Crippen molar-refractivity contribution in [2.24, 2.45) is 7.05 Å². The Kier molecular flexibility index (Phi) is 3.37. The van der Waals surface area contributed by atoms with Crippen LogP contribution in [-0.4, -0.2) is 31.3 Å². The summed E-state index contributed by atoms with van der Waals surface area (Å²) in [6.45, 7) is 1.81. The molecule has 2 aromatic heterocycles. The van der Waals surface area contributed by atoms with Crippen molar-refractivity contribution in [3.8, 4) is 0 Å². The van der Waals surface area contributed by atoms with Crippen LogP contribution in [0.5, 0.6) is 0 Å². The largest absolute Gasteiger partial charge is 0.477 e. The summed E-state index contributed by atoms with van der Waals surface area (Å²) in [6.07, 6.45) is 1.55. The number of aromatic nitrogens is 3. The predicted octanol–water partition coefficient (Wildman–Crippen LogP) is 0.867. The van der Waals surface area contributed by atoms with Gasteiger partial charge in [-0.1, -0.05) is 0 Å². The van der Waals surface area contributed by atoms with Gasteiger partial charge in [-0.25, -0.2) is 4.79 Å². The van der Waals surface area contributed by atoms with E-state index in [-0.39, 0.29) is 18.1 Å². The minimum Gasteiger partial charge on any atom is -0.477 e. The zero-order valence-corrected chi connectivity index (χ0v) is 10.6. The SMILES string of the molecule is Cc1cc(NC(=O)Cn2cccc2C(=O)O)nn1C. The van der Waals surface area contributed by atoms with E-state index < -0.39 is 5.97 Å². The lowest BCUT2D eigenvalue weighted by Gasteiger charge is -2.05. The number of nitrogens with zero attached hydrogens (tertiary/aromatic N) is 3. The number of hydrogen-bond donors (Lipinski definition) is 2. The fourth-order valence-electron chi connectivity index (χ4n) is 1.70. The van der Waals surface area contributed by atoms with Crippen LogP contribution < -0.4 is 5.32 Å². The second-order valence-corrected chi connectivity index (χ2v) is 4.17. The van der Waals surface area contributed by atoms with E-state index in [1.54, 1.807) is 30.1 Å². The molecule has 0 saturated carbocycles. The van der Waals surface area contributed by atoms with Crippen molar-refractivity contribution in [1.82, 2.24) is 14.3 Å². The molecule has 0 aliphatic carbocycles. The van der Waals surface area contributed by atoms with Gasteiger partial charge < -0.3 is 15.0 Å². The van der Waals surface area contributed by atoms with Crippen molar-refractivity contribution < 1.29 is 14.7 Å². The van der Waals surface area contributed by atoms with E-state index in [9.17, 15) is 9.59 Å². The number of aromatic carboxylic acids is 1. The number of amides is 1. The van der Waals surface area contributed by atoms with Crippen LogP contribution in [-0.2, 0) is 18.4 Å². The molecule has 2 heterocycles. The third-order valence-electron chi connectivity index (χ3n) is 2.74. The Labute approximate surface area is 109 Å². The lowest BCUT2D eigenvalue weighted by atomic mass is 10.4. The molecule has 0 aliphatic rings. The van der Waals surface area contributed by atoms with Gasteiger partial charge in [0.25, 0.3) is 0 Å². The smallest absolute Gasteiger partial charge is 0.352 e. The van der Waals surface area contributed by atoms with E-state index in [2.05, 4.69) is 10.4 Å². The van der Waals surface area contributed by atoms with E-state index in [0.717, 1.165) is 5.69 Å². The molecule has 1 amide bonds. The molecule has 0 atom stereocenters. The van der Waals surface area contributed by atoms with Crippen LogP contribution in [0.15, 0.2) is 24.4 Å². The summed E-state index contributed by atoms with van der Waals surface area (Å²) < 4.78 is 3.02. The molecule has 2 N–H and O–H groups in total. The first-order chi connectivity index (χ1) is 8.97. The molecule has 2 rings (SSSR count). The number of nitrogens with one attached hydrogen (secondary N) is 1. The first-order valence-corrected chi connectivity index (χ1v) is 5.66. The summed E-state index contributed by atoms with van der Waals surface area (Å²) in [5.41, 5.74) is 0.995. The molecule has 0 unspecified atom stereocenters. The van der Waals surface area contributed by atoms with Crippen LogP contribution in [0, 0.1) is 6.92 Å². The van der Waals surface area contributed by atoms with Crippen molar-refractivity contribution >= 4 is 17.7 Å². The number of aryl methyl sites for hydroxylation is 2. The number of hydrogen-bond acceptors (Lipinski definition) is 3. The van der Waals surface area contributed by atoms with Crippen LogP contribution in [0.25, 0.3) is 0 Å². The molecule has 0 spiro atoms. The Bertz CT molecular complexity index is 607. The maximum atomic E-state index is 11.8. The van der Waals surface area contributed by atoms with Gasteiger partial charge in [0.1, 0.15) is 12.2 Å². The van der Waals surface area contributed by atoms with Gasteiger partial charge in [-0.05, 0) is 19.1 Å². The summed E-state index contributed by atoms with van der Waals surface area (Å²) in [5.74, 6) is -0.933. The molecule has 0 saturated heterocycles. The minimum atomic E-state index is -1.06. The average molecular weight is 262 g/mol. The lowest BCUT2D eigenvalue weighted by Crippen LogP contribution is -2.21. The van der Waals surface area contributed by atoms with Gasteiger partial charge in [0, 0.05) is 25.0 Å². The summed E-state index contributed by atoms with van der Waals surface area (Å²) in [5, 5.41) is 15.6. The molecule has 0 aliphatic heterocycles. The van der Waals surface area contributed by atoms with Crippen LogP contribution in [0.4, 0.5) is 5.82 Å². The molecule has 7 heteroatoms. The number of rotatable bonds is 4. The third-order valence-corrected chi connectivity index (χ3v) is 2.74. The Morgan fingerprint density at radius 1 is 1.47 bits per heavy atom. The molecule has 0 aromatic carbocycles. The number of carbonyl (C=O) groups excluding carboxylic acids is 1. The second kappa shape index (κ2) is 4.97. The number of carbonyl (C=O) groups is 2. The Hall–Kier alpha value is -2.57. The first kappa shape index (κ1) is 12.9. The molecule has 19 heavy (non-hydrogen) atoms. The predicted molar refractivity (Wildman–Crippen MR) is 68.0 cm³/mol. The normalized spacial score (nSPS) is 10.4. The molecular formula is C12H14N4O3. The van der Waals surface area contributed by atoms with E-state index in [1.165, 1.54) is 10.6 Å². The van der Waals surface area contributed by atoms with Crippen LogP contribution >= 0.6 is 0 Å². The van der Waals surface area contributed by atoms with Gasteiger partial charge >= 0.3 is 5.97 Å². The maximum Gasteiger partial charge on any atom is 0.352 e. The van der Waals surface area contributed by atoms with Crippen molar-refractivity contribution in [2.75, 3.05) is 5.32 Å². The summed E-state index contributed by atoms with van der Waals surface area (Å²) in [4.78, 5) is 22.7. The summed E-state index contributed by atoms with van der Waals surface area (Å²) >= 11 is 0. The molecule has 100 valence electrons. The van der Waals surface area contributed by atoms with Gasteiger partial charge in [-0.2, -0.15) is 5.10 Å². The number of carboxylic acid groups (broad SMARTS) is 1. The van der Waals surface area contributed by atoms with Gasteiger partial charge in [0.2, 0.25) is 5.91 Å². The van der Waals surface area contributed by atoms with Crippen molar-refractivity contribution in [2.45, 2.75) is 13.5 Å². The Morgan fingerprint density at radius 2 is 2.21 bits per heavy atom. The fraction of sp³-hybridized carbons (Fsp3) is 0.250. The molecule has 2 aromatic rings. The van der Waals surface area contributed by atoms with Gasteiger partial charge in [0.05, 0.1) is 0 Å². The van der Waals surface area contributed by atoms with E-state index in [4.69, 9.17) is 5.11 Å². The minimum absolute atomic E-state index is 0.0652. The van der Waals surface area contributed by atoms with Gasteiger partial charge in [-0.3, -0.25) is 9.48 Å². The van der Waals surface area contributed by atoms with Gasteiger partial charge in [-0.15, -0.1) is 0 Å². The van der Waals surface area contributed by atoms with E-state index in [0.29, 0.717) is 5.82 Å². The highest BCUT2D eigenvalue weighted by Gasteiger charge is 2.12. The number of carboxylic acids is 1. The molecule has 0 fully saturated rings. The quantitative estimate of drug-likeness (QED) is 0.855. The van der Waals surface area contributed by atoms with Crippen molar-refractivity contribution in [3.63, 3.8) is 0 Å². The summed E-state index contributed by atoms with van der Waals surface area (Å²) in [6, 6.07) is 4.77. The highest BCUT2D eigenvalue weighted by Crippen LogP contribution is 2.08. The molecule has 7 nitrogen and oxygen atoms in total. The van der Waals surface area contributed by atoms with Crippen molar-refractivity contribution in [3.05, 3.63) is 35.8 Å². The Balaban J connectivity index is 2.05. The maximum absolute atomic E-state index is 11.8. The van der Waals surface area contributed by atoms with Crippen molar-refractivity contribution in [1.29, 1.82) is 0 Å². The lowest BCUT2D eigenvalue weighted by molar-refractivity contribution is -0.116. The highest BCUT2D eigenvalue weighted by atomic mass is 16.4. The Morgan fingerprint density at radius 3 is 2.79 bits per heavy atom. The molecular weight excluding hydrogens is 248 g/mol. The third kappa shape index (κ3) is 2.82. The average Bonchev–Trinajstić information content (AvgIpc) is 2.87. The van der Waals surface area contributed by atoms with E-state index >= 15 is 0 Å². The summed E-state index contributed by atoms with van der Waals surface area (Å²) in [7, 11) is 1.78. The second-order valence-electron chi connectivity index (χ2n) is 4.17. The standard InChI is InChI=1S/C12H14N4O3/c1-8-6-10(14-15(8)2)13-11(17)7-16-5-3-4-9(16)12(18)19/h3-6H,7H2,1-2H3,(H,18,19)(H,13,14,17). The first-order valence-electron chi connectivity index (χ1n) is 5.66. The van der Waals surface area contributed by atoms with Gasteiger partial charge in [0.15, 0.2) is 5.82 Å². The monoisotopic (exact) mass is 262 g/mol. The van der Waals surface area contributed by atoms with Crippen LogP contribution in [0.3, 0.4) is 0 Å². The number of anilines is 1. The highest BCUT2D eigenvalue weighted by molar-refractivity contribution is 5.91. The van der Waals surface area contributed by atoms with Crippen LogP contribution in [0.2, 0.25) is 0 Å². The van der Waals surface area contributed by atoms with E-state index in [1.807, 2.05) is 6.92 Å². The zero-order chi connectivity index (χ0) is 14.0.